The van der Waals surface area contributed by atoms with E-state index in [4.69, 9.17) is 4.74 Å². The van der Waals surface area contributed by atoms with Crippen LogP contribution in [0.25, 0.3) is 0 Å². The molecular weight excluding hydrogens is 214 g/mol. The van der Waals surface area contributed by atoms with Gasteiger partial charge < -0.3 is 4.74 Å². The molecule has 0 amide bonds. The van der Waals surface area contributed by atoms with Crippen LogP contribution in [0, 0.1) is 0 Å². The second-order valence-electron chi connectivity index (χ2n) is 3.71. The topological polar surface area (TPSA) is 55.4 Å². The summed E-state index contributed by atoms with van der Waals surface area (Å²) in [6, 6.07) is 7.51. The fraction of sp³-hybridized carbons (Fsp3) is 0.400. The molecule has 0 aromatic heterocycles. The molecule has 5 heteroatoms. The van der Waals surface area contributed by atoms with E-state index in [-0.39, 0.29) is 6.04 Å². The highest BCUT2D eigenvalue weighted by molar-refractivity contribution is 7.88. The number of rotatable bonds is 2. The molecule has 1 unspecified atom stereocenters. The van der Waals surface area contributed by atoms with Gasteiger partial charge in [0.05, 0.1) is 12.3 Å². The molecule has 0 saturated heterocycles. The standard InChI is InChI=1S/C10H13NO3S/c1-15(12,13)11-9-6-8-4-2-3-5-10(8)14-7-9/h2-5,9,11H,6-7H2,1H3. The van der Waals surface area contributed by atoms with Crippen molar-refractivity contribution in [3.63, 3.8) is 0 Å². The molecule has 0 bridgehead atoms. The van der Waals surface area contributed by atoms with Crippen molar-refractivity contribution in [3.05, 3.63) is 29.8 Å². The third kappa shape index (κ3) is 2.70. The molecule has 2 rings (SSSR count). The Morgan fingerprint density at radius 2 is 2.13 bits per heavy atom. The van der Waals surface area contributed by atoms with Gasteiger partial charge in [-0.1, -0.05) is 18.2 Å². The van der Waals surface area contributed by atoms with Crippen LogP contribution < -0.4 is 9.46 Å². The lowest BCUT2D eigenvalue weighted by atomic mass is 10.0. The SMILES string of the molecule is CS(=O)(=O)NC1COc2ccccc2C1. The highest BCUT2D eigenvalue weighted by Gasteiger charge is 2.21. The first-order chi connectivity index (χ1) is 7.04. The maximum atomic E-state index is 11.0. The van der Waals surface area contributed by atoms with Crippen LogP contribution in [0.1, 0.15) is 5.56 Å². The minimum Gasteiger partial charge on any atom is -0.492 e. The van der Waals surface area contributed by atoms with Gasteiger partial charge in [0.25, 0.3) is 0 Å². The predicted octanol–water partition coefficient (Wildman–Crippen LogP) is 0.539. The van der Waals surface area contributed by atoms with Gasteiger partial charge in [-0.2, -0.15) is 0 Å². The van der Waals surface area contributed by atoms with E-state index in [0.717, 1.165) is 17.6 Å². The van der Waals surface area contributed by atoms with Crippen molar-refractivity contribution in [2.45, 2.75) is 12.5 Å². The van der Waals surface area contributed by atoms with Crippen molar-refractivity contribution in [1.29, 1.82) is 0 Å². The molecule has 1 heterocycles. The third-order valence-electron chi connectivity index (χ3n) is 2.26. The zero-order valence-electron chi connectivity index (χ0n) is 8.43. The molecule has 4 nitrogen and oxygen atoms in total. The average Bonchev–Trinajstić information content (AvgIpc) is 2.15. The lowest BCUT2D eigenvalue weighted by Crippen LogP contribution is -2.42. The molecule has 1 aromatic carbocycles. The van der Waals surface area contributed by atoms with Gasteiger partial charge in [0.1, 0.15) is 12.4 Å². The molecule has 0 fully saturated rings. The summed E-state index contributed by atoms with van der Waals surface area (Å²) < 4.78 is 30.1. The van der Waals surface area contributed by atoms with Gasteiger partial charge >= 0.3 is 0 Å². The van der Waals surface area contributed by atoms with Gasteiger partial charge in [0.15, 0.2) is 0 Å². The first-order valence-electron chi connectivity index (χ1n) is 4.72. The maximum Gasteiger partial charge on any atom is 0.209 e. The summed E-state index contributed by atoms with van der Waals surface area (Å²) in [6.07, 6.45) is 1.84. The Kier molecular flexibility index (Phi) is 2.67. The average molecular weight is 227 g/mol. The van der Waals surface area contributed by atoms with Crippen molar-refractivity contribution in [1.82, 2.24) is 4.72 Å². The summed E-state index contributed by atoms with van der Waals surface area (Å²) >= 11 is 0. The monoisotopic (exact) mass is 227 g/mol. The number of para-hydroxylation sites is 1. The largest absolute Gasteiger partial charge is 0.492 e. The quantitative estimate of drug-likeness (QED) is 0.802. The van der Waals surface area contributed by atoms with Crippen molar-refractivity contribution >= 4 is 10.0 Å². The molecule has 1 aliphatic rings. The summed E-state index contributed by atoms with van der Waals surface area (Å²) in [5.41, 5.74) is 1.05. The van der Waals surface area contributed by atoms with E-state index >= 15 is 0 Å². The molecule has 0 aliphatic carbocycles. The van der Waals surface area contributed by atoms with Crippen LogP contribution in [0.5, 0.6) is 5.75 Å². The molecule has 15 heavy (non-hydrogen) atoms. The first-order valence-corrected chi connectivity index (χ1v) is 6.62. The Labute approximate surface area is 89.3 Å². The van der Waals surface area contributed by atoms with E-state index in [1.165, 1.54) is 0 Å². The number of ether oxygens (including phenoxy) is 1. The van der Waals surface area contributed by atoms with Crippen LogP contribution >= 0.6 is 0 Å². The zero-order chi connectivity index (χ0) is 10.9. The Morgan fingerprint density at radius 1 is 1.40 bits per heavy atom. The van der Waals surface area contributed by atoms with E-state index in [9.17, 15) is 8.42 Å². The number of benzene rings is 1. The van der Waals surface area contributed by atoms with Crippen LogP contribution in [-0.2, 0) is 16.4 Å². The molecule has 82 valence electrons. The number of sulfonamides is 1. The molecule has 0 saturated carbocycles. The fourth-order valence-corrected chi connectivity index (χ4v) is 2.46. The number of nitrogens with one attached hydrogen (secondary N) is 1. The summed E-state index contributed by atoms with van der Waals surface area (Å²) in [4.78, 5) is 0. The number of hydrogen-bond donors (Lipinski definition) is 1. The van der Waals surface area contributed by atoms with Crippen molar-refractivity contribution in [3.8, 4) is 5.75 Å². The van der Waals surface area contributed by atoms with Crippen LogP contribution in [0.3, 0.4) is 0 Å². The Bertz CT molecular complexity index is 455. The minimum atomic E-state index is -3.16. The van der Waals surface area contributed by atoms with Gasteiger partial charge in [-0.05, 0) is 18.1 Å². The molecule has 1 atom stereocenters. The molecular formula is C10H13NO3S. The second-order valence-corrected chi connectivity index (χ2v) is 5.49. The van der Waals surface area contributed by atoms with Gasteiger partial charge in [0.2, 0.25) is 10.0 Å². The van der Waals surface area contributed by atoms with Gasteiger partial charge in [-0.25, -0.2) is 13.1 Å². The normalized spacial score (nSPS) is 20.5. The summed E-state index contributed by atoms with van der Waals surface area (Å²) in [5, 5.41) is 0. The molecule has 1 N–H and O–H groups in total. The number of hydrogen-bond acceptors (Lipinski definition) is 3. The van der Waals surface area contributed by atoms with E-state index in [0.29, 0.717) is 13.0 Å². The molecule has 1 aliphatic heterocycles. The lowest BCUT2D eigenvalue weighted by molar-refractivity contribution is 0.254. The fourth-order valence-electron chi connectivity index (χ4n) is 1.71. The van der Waals surface area contributed by atoms with E-state index in [1.54, 1.807) is 0 Å². The highest BCUT2D eigenvalue weighted by atomic mass is 32.2. The van der Waals surface area contributed by atoms with Crippen LogP contribution in [-0.4, -0.2) is 27.3 Å². The third-order valence-corrected chi connectivity index (χ3v) is 3.02. The Morgan fingerprint density at radius 3 is 2.87 bits per heavy atom. The number of fused-ring (bicyclic) bond motifs is 1. The van der Waals surface area contributed by atoms with E-state index in [2.05, 4.69) is 4.72 Å². The van der Waals surface area contributed by atoms with Gasteiger partial charge in [-0.3, -0.25) is 0 Å². The smallest absolute Gasteiger partial charge is 0.209 e. The van der Waals surface area contributed by atoms with Crippen molar-refractivity contribution in [2.24, 2.45) is 0 Å². The van der Waals surface area contributed by atoms with E-state index in [1.807, 2.05) is 24.3 Å². The highest BCUT2D eigenvalue weighted by Crippen LogP contribution is 2.23. The Hall–Kier alpha value is -1.07. The van der Waals surface area contributed by atoms with Crippen LogP contribution in [0.2, 0.25) is 0 Å². The van der Waals surface area contributed by atoms with E-state index < -0.39 is 10.0 Å². The van der Waals surface area contributed by atoms with Gasteiger partial charge in [-0.15, -0.1) is 0 Å². The lowest BCUT2D eigenvalue weighted by Gasteiger charge is -2.25. The molecule has 0 spiro atoms. The molecule has 0 radical (unpaired) electrons. The first kappa shape index (κ1) is 10.4. The zero-order valence-corrected chi connectivity index (χ0v) is 9.25. The van der Waals surface area contributed by atoms with Gasteiger partial charge in [0, 0.05) is 0 Å². The van der Waals surface area contributed by atoms with Crippen molar-refractivity contribution in [2.75, 3.05) is 12.9 Å². The molecule has 1 aromatic rings. The minimum absolute atomic E-state index is 0.158. The second kappa shape index (κ2) is 3.83. The summed E-state index contributed by atoms with van der Waals surface area (Å²) in [7, 11) is -3.16. The van der Waals surface area contributed by atoms with Crippen LogP contribution in [0.4, 0.5) is 0 Å². The van der Waals surface area contributed by atoms with Crippen LogP contribution in [0.15, 0.2) is 24.3 Å². The maximum absolute atomic E-state index is 11.0. The predicted molar refractivity (Wildman–Crippen MR) is 57.4 cm³/mol. The summed E-state index contributed by atoms with van der Waals surface area (Å²) in [5.74, 6) is 0.851. The summed E-state index contributed by atoms with van der Waals surface area (Å²) in [6.45, 7) is 0.393. The Balaban J connectivity index is 2.12. The van der Waals surface area contributed by atoms with Crippen molar-refractivity contribution < 1.29 is 13.2 Å².